The smallest absolute Gasteiger partial charge is 0.255 e. The molecule has 2 N–H and O–H groups in total. The maximum absolute atomic E-state index is 12.6. The van der Waals surface area contributed by atoms with Crippen molar-refractivity contribution in [2.24, 2.45) is 0 Å². The minimum absolute atomic E-state index is 0.101. The first-order valence-electron chi connectivity index (χ1n) is 6.67. The molecule has 3 rings (SSSR count). The molecule has 2 aromatic rings. The van der Waals surface area contributed by atoms with Crippen molar-refractivity contribution in [1.29, 1.82) is 0 Å². The van der Waals surface area contributed by atoms with Gasteiger partial charge in [0.15, 0.2) is 0 Å². The molecule has 1 heterocycles. The van der Waals surface area contributed by atoms with E-state index >= 15 is 0 Å². The van der Waals surface area contributed by atoms with Crippen LogP contribution in [0, 0.1) is 0 Å². The van der Waals surface area contributed by atoms with Crippen molar-refractivity contribution in [1.82, 2.24) is 4.90 Å². The molecule has 2 aromatic carbocycles. The first kappa shape index (κ1) is 14.2. The first-order chi connectivity index (χ1) is 10.1. The van der Waals surface area contributed by atoms with Gasteiger partial charge in [0.25, 0.3) is 5.91 Å². The van der Waals surface area contributed by atoms with Crippen molar-refractivity contribution in [3.8, 4) is 0 Å². The van der Waals surface area contributed by atoms with Gasteiger partial charge in [-0.25, -0.2) is 0 Å². The number of nitrogens with two attached hydrogens (primary N) is 1. The number of rotatable bonds is 1. The van der Waals surface area contributed by atoms with Gasteiger partial charge >= 0.3 is 0 Å². The number of nitrogens with zero attached hydrogens (tertiary/aromatic N) is 1. The van der Waals surface area contributed by atoms with Gasteiger partial charge in [-0.3, -0.25) is 4.79 Å². The number of fused-ring (bicyclic) bond motifs is 1. The van der Waals surface area contributed by atoms with Crippen molar-refractivity contribution >= 4 is 34.8 Å². The van der Waals surface area contributed by atoms with E-state index in [1.54, 1.807) is 23.1 Å². The van der Waals surface area contributed by atoms with Gasteiger partial charge < -0.3 is 10.6 Å². The minimum atomic E-state index is -0.101. The number of anilines is 1. The monoisotopic (exact) mass is 320 g/mol. The molecule has 1 amide bonds. The van der Waals surface area contributed by atoms with Gasteiger partial charge in [-0.2, -0.15) is 0 Å². The van der Waals surface area contributed by atoms with Crippen LogP contribution >= 0.6 is 23.2 Å². The molecule has 1 aliphatic rings. The fraction of sp³-hybridized carbons (Fsp3) is 0.188. The Morgan fingerprint density at radius 2 is 1.95 bits per heavy atom. The van der Waals surface area contributed by atoms with E-state index in [2.05, 4.69) is 0 Å². The zero-order valence-electron chi connectivity index (χ0n) is 11.3. The number of carbonyl (C=O) groups is 1. The van der Waals surface area contributed by atoms with Gasteiger partial charge in [0, 0.05) is 18.8 Å². The average Bonchev–Trinajstić information content (AvgIpc) is 2.48. The van der Waals surface area contributed by atoms with E-state index in [0.717, 1.165) is 12.0 Å². The van der Waals surface area contributed by atoms with Crippen molar-refractivity contribution in [3.05, 3.63) is 63.1 Å². The molecule has 3 nitrogen and oxygen atoms in total. The van der Waals surface area contributed by atoms with Crippen LogP contribution in [-0.2, 0) is 13.0 Å². The van der Waals surface area contributed by atoms with Crippen LogP contribution in [0.3, 0.4) is 0 Å². The lowest BCUT2D eigenvalue weighted by atomic mass is 9.98. The summed E-state index contributed by atoms with van der Waals surface area (Å²) in [5, 5.41) is 0.701. The Kier molecular flexibility index (Phi) is 3.79. The molecule has 0 unspecified atom stereocenters. The Bertz CT molecular complexity index is 715. The molecule has 108 valence electrons. The van der Waals surface area contributed by atoms with Gasteiger partial charge in [-0.1, -0.05) is 35.3 Å². The Morgan fingerprint density at radius 1 is 1.14 bits per heavy atom. The zero-order valence-corrected chi connectivity index (χ0v) is 12.8. The molecule has 0 bridgehead atoms. The predicted molar refractivity (Wildman–Crippen MR) is 85.8 cm³/mol. The number of hydrogen-bond donors (Lipinski definition) is 1. The lowest BCUT2D eigenvalue weighted by molar-refractivity contribution is 0.0735. The Hall–Kier alpha value is -1.71. The van der Waals surface area contributed by atoms with Gasteiger partial charge in [-0.05, 0) is 41.8 Å². The van der Waals surface area contributed by atoms with Crippen LogP contribution in [0.1, 0.15) is 21.5 Å². The van der Waals surface area contributed by atoms with E-state index in [0.29, 0.717) is 34.4 Å². The first-order valence-corrected chi connectivity index (χ1v) is 7.42. The molecule has 5 heteroatoms. The largest absolute Gasteiger partial charge is 0.399 e. The van der Waals surface area contributed by atoms with E-state index in [9.17, 15) is 4.79 Å². The predicted octanol–water partition coefficient (Wildman–Crippen LogP) is 3.77. The summed E-state index contributed by atoms with van der Waals surface area (Å²) in [6.07, 6.45) is 0.819. The van der Waals surface area contributed by atoms with E-state index in [4.69, 9.17) is 28.9 Å². The SMILES string of the molecule is Nc1ccc2c(c1)CN(C(=O)c1cccc(Cl)c1Cl)CC2. The molecule has 0 aliphatic carbocycles. The number of nitrogen functional groups attached to an aromatic ring is 1. The molecule has 0 fully saturated rings. The molecule has 0 radical (unpaired) electrons. The van der Waals surface area contributed by atoms with Crippen LogP contribution in [0.25, 0.3) is 0 Å². The topological polar surface area (TPSA) is 46.3 Å². The van der Waals surface area contributed by atoms with Gasteiger partial charge in [-0.15, -0.1) is 0 Å². The van der Waals surface area contributed by atoms with Gasteiger partial charge in [0.05, 0.1) is 15.6 Å². The van der Waals surface area contributed by atoms with Crippen molar-refractivity contribution in [3.63, 3.8) is 0 Å². The molecule has 0 atom stereocenters. The van der Waals surface area contributed by atoms with E-state index in [1.165, 1.54) is 5.56 Å². The average molecular weight is 321 g/mol. The van der Waals surface area contributed by atoms with Crippen LogP contribution < -0.4 is 5.73 Å². The van der Waals surface area contributed by atoms with Crippen LogP contribution in [0.4, 0.5) is 5.69 Å². The number of benzene rings is 2. The third-order valence-electron chi connectivity index (χ3n) is 3.71. The van der Waals surface area contributed by atoms with E-state index in [1.807, 2.05) is 18.2 Å². The highest BCUT2D eigenvalue weighted by atomic mass is 35.5. The summed E-state index contributed by atoms with van der Waals surface area (Å²) >= 11 is 12.1. The molecule has 21 heavy (non-hydrogen) atoms. The molecule has 1 aliphatic heterocycles. The molecule has 0 saturated heterocycles. The zero-order chi connectivity index (χ0) is 15.0. The fourth-order valence-corrected chi connectivity index (χ4v) is 2.97. The van der Waals surface area contributed by atoms with Crippen molar-refractivity contribution in [2.75, 3.05) is 12.3 Å². The standard InChI is InChI=1S/C16H14Cl2N2O/c17-14-3-1-2-13(15(14)18)16(21)20-7-6-10-4-5-12(19)8-11(10)9-20/h1-5,8H,6-7,9,19H2. The second kappa shape index (κ2) is 5.58. The quantitative estimate of drug-likeness (QED) is 0.813. The molecule has 0 spiro atoms. The molecular formula is C16H14Cl2N2O. The lowest BCUT2D eigenvalue weighted by Crippen LogP contribution is -2.36. The minimum Gasteiger partial charge on any atom is -0.399 e. The second-order valence-electron chi connectivity index (χ2n) is 5.11. The normalized spacial score (nSPS) is 13.9. The number of carbonyl (C=O) groups excluding carboxylic acids is 1. The lowest BCUT2D eigenvalue weighted by Gasteiger charge is -2.29. The molecular weight excluding hydrogens is 307 g/mol. The fourth-order valence-electron chi connectivity index (χ4n) is 2.59. The van der Waals surface area contributed by atoms with Gasteiger partial charge in [0.2, 0.25) is 0 Å². The molecule has 0 saturated carbocycles. The van der Waals surface area contributed by atoms with Crippen molar-refractivity contribution < 1.29 is 4.79 Å². The molecule has 0 aromatic heterocycles. The number of halogens is 2. The summed E-state index contributed by atoms with van der Waals surface area (Å²) < 4.78 is 0. The maximum Gasteiger partial charge on any atom is 0.255 e. The highest BCUT2D eigenvalue weighted by Crippen LogP contribution is 2.28. The van der Waals surface area contributed by atoms with Crippen molar-refractivity contribution in [2.45, 2.75) is 13.0 Å². The van der Waals surface area contributed by atoms with Crippen LogP contribution in [-0.4, -0.2) is 17.4 Å². The van der Waals surface area contributed by atoms with Crippen LogP contribution in [0.2, 0.25) is 10.0 Å². The Balaban J connectivity index is 1.89. The summed E-state index contributed by atoms with van der Waals surface area (Å²) in [4.78, 5) is 14.4. The van der Waals surface area contributed by atoms with Gasteiger partial charge in [0.1, 0.15) is 0 Å². The highest BCUT2D eigenvalue weighted by Gasteiger charge is 2.23. The summed E-state index contributed by atoms with van der Waals surface area (Å²) in [5.41, 5.74) is 9.30. The highest BCUT2D eigenvalue weighted by molar-refractivity contribution is 6.43. The Labute approximate surface area is 133 Å². The number of hydrogen-bond acceptors (Lipinski definition) is 2. The van der Waals surface area contributed by atoms with Crippen LogP contribution in [0.5, 0.6) is 0 Å². The number of amides is 1. The Morgan fingerprint density at radius 3 is 2.76 bits per heavy atom. The summed E-state index contributed by atoms with van der Waals surface area (Å²) in [7, 11) is 0. The third kappa shape index (κ3) is 2.71. The second-order valence-corrected chi connectivity index (χ2v) is 5.89. The third-order valence-corrected chi connectivity index (χ3v) is 4.53. The van der Waals surface area contributed by atoms with E-state index in [-0.39, 0.29) is 5.91 Å². The summed E-state index contributed by atoms with van der Waals surface area (Å²) in [6.45, 7) is 1.21. The van der Waals surface area contributed by atoms with Crippen LogP contribution in [0.15, 0.2) is 36.4 Å². The van der Waals surface area contributed by atoms with E-state index < -0.39 is 0 Å². The maximum atomic E-state index is 12.6. The summed E-state index contributed by atoms with van der Waals surface area (Å²) in [6, 6.07) is 11.0. The summed E-state index contributed by atoms with van der Waals surface area (Å²) in [5.74, 6) is -0.101.